The van der Waals surface area contributed by atoms with E-state index in [1.54, 1.807) is 27.2 Å². The predicted molar refractivity (Wildman–Crippen MR) is 49.3 cm³/mol. The number of amides is 1. The van der Waals surface area contributed by atoms with Gasteiger partial charge in [-0.3, -0.25) is 4.79 Å². The van der Waals surface area contributed by atoms with Crippen molar-refractivity contribution in [2.24, 2.45) is 0 Å². The van der Waals surface area contributed by atoms with E-state index in [0.717, 1.165) is 0 Å². The van der Waals surface area contributed by atoms with Crippen LogP contribution in [0.25, 0.3) is 0 Å². The molecule has 0 spiro atoms. The fraction of sp³-hybridized carbons (Fsp3) is 0.625. The molecule has 0 aliphatic rings. The van der Waals surface area contributed by atoms with E-state index in [4.69, 9.17) is 5.11 Å². The first-order valence-electron chi connectivity index (χ1n) is 4.29. The second kappa shape index (κ2) is 4.19. The SMILES string of the molecule is CC(C(=O)N(C)C)n1cc(CO)nn1. The molecule has 1 heterocycles. The minimum Gasteiger partial charge on any atom is -0.390 e. The molecule has 1 unspecified atom stereocenters. The van der Waals surface area contributed by atoms with Crippen molar-refractivity contribution in [3.63, 3.8) is 0 Å². The zero-order chi connectivity index (χ0) is 10.7. The number of carbonyl (C=O) groups excluding carboxylic acids is 1. The maximum Gasteiger partial charge on any atom is 0.246 e. The Labute approximate surface area is 82.1 Å². The summed E-state index contributed by atoms with van der Waals surface area (Å²) >= 11 is 0. The van der Waals surface area contributed by atoms with E-state index >= 15 is 0 Å². The van der Waals surface area contributed by atoms with Crippen molar-refractivity contribution in [2.75, 3.05) is 14.1 Å². The zero-order valence-corrected chi connectivity index (χ0v) is 8.51. The topological polar surface area (TPSA) is 71.2 Å². The molecule has 1 amide bonds. The third-order valence-corrected chi connectivity index (χ3v) is 1.91. The van der Waals surface area contributed by atoms with Gasteiger partial charge in [0.1, 0.15) is 11.7 Å². The van der Waals surface area contributed by atoms with Crippen molar-refractivity contribution < 1.29 is 9.90 Å². The smallest absolute Gasteiger partial charge is 0.246 e. The first-order chi connectivity index (χ1) is 6.56. The van der Waals surface area contributed by atoms with Gasteiger partial charge in [0, 0.05) is 14.1 Å². The first kappa shape index (κ1) is 10.6. The van der Waals surface area contributed by atoms with Gasteiger partial charge in [0.15, 0.2) is 0 Å². The van der Waals surface area contributed by atoms with Gasteiger partial charge in [-0.2, -0.15) is 0 Å². The van der Waals surface area contributed by atoms with Gasteiger partial charge in [-0.1, -0.05) is 5.21 Å². The third-order valence-electron chi connectivity index (χ3n) is 1.91. The molecule has 1 aromatic rings. The summed E-state index contributed by atoms with van der Waals surface area (Å²) in [5, 5.41) is 16.2. The Balaban J connectivity index is 2.78. The number of carbonyl (C=O) groups is 1. The second-order valence-electron chi connectivity index (χ2n) is 3.26. The monoisotopic (exact) mass is 198 g/mol. The molecule has 1 aromatic heterocycles. The Hall–Kier alpha value is -1.43. The van der Waals surface area contributed by atoms with E-state index < -0.39 is 6.04 Å². The van der Waals surface area contributed by atoms with Crippen LogP contribution in [0, 0.1) is 0 Å². The molecule has 1 rings (SSSR count). The molecule has 6 heteroatoms. The molecule has 0 bridgehead atoms. The quantitative estimate of drug-likeness (QED) is 0.705. The minimum atomic E-state index is -0.391. The van der Waals surface area contributed by atoms with Crippen molar-refractivity contribution in [3.05, 3.63) is 11.9 Å². The molecule has 1 atom stereocenters. The van der Waals surface area contributed by atoms with E-state index in [1.165, 1.54) is 9.58 Å². The molecule has 78 valence electrons. The van der Waals surface area contributed by atoms with Crippen LogP contribution in [-0.4, -0.2) is 45.0 Å². The van der Waals surface area contributed by atoms with Gasteiger partial charge in [-0.25, -0.2) is 4.68 Å². The zero-order valence-electron chi connectivity index (χ0n) is 8.51. The summed E-state index contributed by atoms with van der Waals surface area (Å²) in [6.45, 7) is 1.57. The van der Waals surface area contributed by atoms with Gasteiger partial charge in [0.2, 0.25) is 5.91 Å². The highest BCUT2D eigenvalue weighted by atomic mass is 16.3. The Bertz CT molecular complexity index is 321. The lowest BCUT2D eigenvalue weighted by molar-refractivity contribution is -0.132. The summed E-state index contributed by atoms with van der Waals surface area (Å²) in [6.07, 6.45) is 1.56. The molecular formula is C8H14N4O2. The predicted octanol–water partition coefficient (Wildman–Crippen LogP) is -0.580. The molecular weight excluding hydrogens is 184 g/mol. The highest BCUT2D eigenvalue weighted by Crippen LogP contribution is 2.06. The fourth-order valence-electron chi connectivity index (χ4n) is 1.06. The Morgan fingerprint density at radius 2 is 2.36 bits per heavy atom. The van der Waals surface area contributed by atoms with Crippen molar-refractivity contribution in [1.29, 1.82) is 0 Å². The summed E-state index contributed by atoms with van der Waals surface area (Å²) in [5.41, 5.74) is 0.461. The highest BCUT2D eigenvalue weighted by molar-refractivity contribution is 5.79. The standard InChI is InChI=1S/C8H14N4O2/c1-6(8(14)11(2)3)12-4-7(5-13)9-10-12/h4,6,13H,5H2,1-3H3. The van der Waals surface area contributed by atoms with Gasteiger partial charge in [0.05, 0.1) is 12.8 Å². The number of likely N-dealkylation sites (N-methyl/N-ethyl adjacent to an activating group) is 1. The molecule has 0 saturated heterocycles. The lowest BCUT2D eigenvalue weighted by Crippen LogP contribution is -2.30. The van der Waals surface area contributed by atoms with Crippen molar-refractivity contribution >= 4 is 5.91 Å². The van der Waals surface area contributed by atoms with E-state index in [-0.39, 0.29) is 12.5 Å². The molecule has 0 radical (unpaired) electrons. The van der Waals surface area contributed by atoms with Crippen LogP contribution < -0.4 is 0 Å². The number of aliphatic hydroxyl groups excluding tert-OH is 1. The van der Waals surface area contributed by atoms with Crippen LogP contribution in [0.4, 0.5) is 0 Å². The minimum absolute atomic E-state index is 0.0561. The van der Waals surface area contributed by atoms with E-state index in [2.05, 4.69) is 10.3 Å². The van der Waals surface area contributed by atoms with Crippen molar-refractivity contribution in [1.82, 2.24) is 19.9 Å². The van der Waals surface area contributed by atoms with E-state index in [9.17, 15) is 4.79 Å². The van der Waals surface area contributed by atoms with Crippen LogP contribution in [0.5, 0.6) is 0 Å². The van der Waals surface area contributed by atoms with Crippen LogP contribution in [0.15, 0.2) is 6.20 Å². The average molecular weight is 198 g/mol. The fourth-order valence-corrected chi connectivity index (χ4v) is 1.06. The van der Waals surface area contributed by atoms with Gasteiger partial charge in [-0.15, -0.1) is 5.10 Å². The van der Waals surface area contributed by atoms with Gasteiger partial charge in [0.25, 0.3) is 0 Å². The summed E-state index contributed by atoms with van der Waals surface area (Å²) in [4.78, 5) is 13.0. The average Bonchev–Trinajstić information content (AvgIpc) is 2.63. The van der Waals surface area contributed by atoms with E-state index in [1.807, 2.05) is 0 Å². The van der Waals surface area contributed by atoms with Gasteiger partial charge < -0.3 is 10.0 Å². The second-order valence-corrected chi connectivity index (χ2v) is 3.26. The molecule has 0 aliphatic carbocycles. The van der Waals surface area contributed by atoms with Crippen molar-refractivity contribution in [3.8, 4) is 0 Å². The summed E-state index contributed by atoms with van der Waals surface area (Å²) in [7, 11) is 3.37. The van der Waals surface area contributed by atoms with Gasteiger partial charge in [-0.05, 0) is 6.92 Å². The van der Waals surface area contributed by atoms with Crippen LogP contribution >= 0.6 is 0 Å². The summed E-state index contributed by atoms with van der Waals surface area (Å²) < 4.78 is 1.44. The number of hydrogen-bond acceptors (Lipinski definition) is 4. The Morgan fingerprint density at radius 3 is 2.79 bits per heavy atom. The number of aromatic nitrogens is 3. The normalized spacial score (nSPS) is 12.6. The first-order valence-corrected chi connectivity index (χ1v) is 4.29. The third kappa shape index (κ3) is 2.08. The number of rotatable bonds is 3. The summed E-state index contributed by atoms with van der Waals surface area (Å²) in [6, 6.07) is -0.391. The largest absolute Gasteiger partial charge is 0.390 e. The number of aliphatic hydroxyl groups is 1. The molecule has 0 aliphatic heterocycles. The Kier molecular flexibility index (Phi) is 3.19. The molecule has 0 saturated carbocycles. The molecule has 6 nitrogen and oxygen atoms in total. The lowest BCUT2D eigenvalue weighted by atomic mass is 10.3. The molecule has 1 N–H and O–H groups in total. The molecule has 0 fully saturated rings. The maximum atomic E-state index is 11.5. The number of hydrogen-bond donors (Lipinski definition) is 1. The van der Waals surface area contributed by atoms with Crippen LogP contribution in [0.2, 0.25) is 0 Å². The van der Waals surface area contributed by atoms with Crippen LogP contribution in [0.1, 0.15) is 18.7 Å². The van der Waals surface area contributed by atoms with Crippen LogP contribution in [-0.2, 0) is 11.4 Å². The number of nitrogens with zero attached hydrogens (tertiary/aromatic N) is 4. The maximum absolute atomic E-state index is 11.5. The molecule has 0 aromatic carbocycles. The molecule has 14 heavy (non-hydrogen) atoms. The lowest BCUT2D eigenvalue weighted by Gasteiger charge is -2.16. The van der Waals surface area contributed by atoms with Crippen molar-refractivity contribution in [2.45, 2.75) is 19.6 Å². The van der Waals surface area contributed by atoms with E-state index in [0.29, 0.717) is 5.69 Å². The highest BCUT2D eigenvalue weighted by Gasteiger charge is 2.17. The van der Waals surface area contributed by atoms with Crippen LogP contribution in [0.3, 0.4) is 0 Å². The summed E-state index contributed by atoms with van der Waals surface area (Å²) in [5.74, 6) is -0.0561. The Morgan fingerprint density at radius 1 is 1.71 bits per heavy atom. The van der Waals surface area contributed by atoms with Gasteiger partial charge >= 0.3 is 0 Å².